The van der Waals surface area contributed by atoms with E-state index in [0.29, 0.717) is 12.6 Å². The lowest BCUT2D eigenvalue weighted by Gasteiger charge is -2.31. The van der Waals surface area contributed by atoms with Crippen LogP contribution in [0.5, 0.6) is 0 Å². The zero-order valence-corrected chi connectivity index (χ0v) is 12.4. The second-order valence-electron chi connectivity index (χ2n) is 5.37. The van der Waals surface area contributed by atoms with Crippen LogP contribution < -0.4 is 10.6 Å². The molecule has 20 heavy (non-hydrogen) atoms. The zero-order chi connectivity index (χ0) is 14.4. The summed E-state index contributed by atoms with van der Waals surface area (Å²) in [5.41, 5.74) is 9.71. The van der Waals surface area contributed by atoms with Crippen LogP contribution in [0.2, 0.25) is 0 Å². The molecule has 0 amide bonds. The Morgan fingerprint density at radius 2 is 1.60 bits per heavy atom. The van der Waals surface area contributed by atoms with Gasteiger partial charge in [-0.25, -0.2) is 0 Å². The molecule has 106 valence electrons. The van der Waals surface area contributed by atoms with Gasteiger partial charge in [0.15, 0.2) is 0 Å². The molecule has 0 radical (unpaired) electrons. The van der Waals surface area contributed by atoms with Gasteiger partial charge in [-0.15, -0.1) is 0 Å². The first kappa shape index (κ1) is 14.6. The fraction of sp³-hybridized carbons (Fsp3) is 0.333. The maximum Gasteiger partial charge on any atom is 0.0432 e. The maximum absolute atomic E-state index is 5.74. The highest BCUT2D eigenvalue weighted by atomic mass is 15.2. The zero-order valence-electron chi connectivity index (χ0n) is 12.4. The van der Waals surface area contributed by atoms with Crippen LogP contribution in [-0.2, 0) is 13.0 Å². The number of hydrogen-bond donors (Lipinski definition) is 1. The molecule has 0 aliphatic rings. The van der Waals surface area contributed by atoms with Crippen LogP contribution in [0.25, 0.3) is 0 Å². The van der Waals surface area contributed by atoms with E-state index >= 15 is 0 Å². The van der Waals surface area contributed by atoms with Gasteiger partial charge in [-0.1, -0.05) is 48.5 Å². The summed E-state index contributed by atoms with van der Waals surface area (Å²) in [5.74, 6) is 0. The van der Waals surface area contributed by atoms with Crippen LogP contribution in [0.4, 0.5) is 5.69 Å². The van der Waals surface area contributed by atoms with Gasteiger partial charge < -0.3 is 10.6 Å². The number of nitrogens with two attached hydrogens (primary N) is 1. The van der Waals surface area contributed by atoms with Crippen LogP contribution in [0.15, 0.2) is 54.6 Å². The van der Waals surface area contributed by atoms with Gasteiger partial charge in [0.05, 0.1) is 0 Å². The first-order valence-corrected chi connectivity index (χ1v) is 7.31. The van der Waals surface area contributed by atoms with Crippen molar-refractivity contribution >= 4 is 5.69 Å². The lowest BCUT2D eigenvalue weighted by atomic mass is 10.1. The smallest absolute Gasteiger partial charge is 0.0432 e. The van der Waals surface area contributed by atoms with E-state index in [1.54, 1.807) is 0 Å². The Kier molecular flexibility index (Phi) is 5.19. The first-order chi connectivity index (χ1) is 9.72. The summed E-state index contributed by atoms with van der Waals surface area (Å²) in [5, 5.41) is 0. The van der Waals surface area contributed by atoms with Gasteiger partial charge in [0.25, 0.3) is 0 Å². The highest BCUT2D eigenvalue weighted by Crippen LogP contribution is 2.24. The summed E-state index contributed by atoms with van der Waals surface area (Å²) < 4.78 is 0. The minimum Gasteiger partial charge on any atom is -0.365 e. The van der Waals surface area contributed by atoms with Crippen molar-refractivity contribution in [1.82, 2.24) is 0 Å². The largest absolute Gasteiger partial charge is 0.365 e. The Bertz CT molecular complexity index is 520. The number of hydrogen-bond acceptors (Lipinski definition) is 2. The highest BCUT2D eigenvalue weighted by molar-refractivity contribution is 5.54. The molecule has 0 aromatic heterocycles. The van der Waals surface area contributed by atoms with Gasteiger partial charge in [0, 0.05) is 18.3 Å². The minimum absolute atomic E-state index is 0.453. The molecule has 2 heteroatoms. The molecule has 0 unspecified atom stereocenters. The molecule has 2 nitrogen and oxygen atoms in total. The van der Waals surface area contributed by atoms with Gasteiger partial charge in [0.1, 0.15) is 0 Å². The Morgan fingerprint density at radius 3 is 2.25 bits per heavy atom. The highest BCUT2D eigenvalue weighted by Gasteiger charge is 2.14. The third-order valence-electron chi connectivity index (χ3n) is 3.53. The summed E-state index contributed by atoms with van der Waals surface area (Å²) >= 11 is 0. The second kappa shape index (κ2) is 7.11. The van der Waals surface area contributed by atoms with Crippen molar-refractivity contribution in [3.8, 4) is 0 Å². The number of rotatable bonds is 6. The fourth-order valence-electron chi connectivity index (χ4n) is 2.48. The number of nitrogens with zero attached hydrogens (tertiary/aromatic N) is 1. The molecule has 0 aliphatic carbocycles. The molecule has 0 fully saturated rings. The number of anilines is 1. The topological polar surface area (TPSA) is 29.3 Å². The lowest BCUT2D eigenvalue weighted by Crippen LogP contribution is -2.31. The number of benzene rings is 2. The molecule has 0 bridgehead atoms. The molecule has 0 aliphatic heterocycles. The normalized spacial score (nSPS) is 10.8. The van der Waals surface area contributed by atoms with Gasteiger partial charge >= 0.3 is 0 Å². The first-order valence-electron chi connectivity index (χ1n) is 7.31. The van der Waals surface area contributed by atoms with Crippen molar-refractivity contribution in [2.75, 3.05) is 11.4 Å². The summed E-state index contributed by atoms with van der Waals surface area (Å²) in [6.07, 6.45) is 0.925. The van der Waals surface area contributed by atoms with Crippen molar-refractivity contribution < 1.29 is 0 Å². The molecule has 0 saturated heterocycles. The third kappa shape index (κ3) is 3.61. The number of para-hydroxylation sites is 1. The van der Waals surface area contributed by atoms with Crippen molar-refractivity contribution in [3.05, 3.63) is 65.7 Å². The molecule has 0 atom stereocenters. The van der Waals surface area contributed by atoms with Crippen LogP contribution in [-0.4, -0.2) is 12.6 Å². The van der Waals surface area contributed by atoms with E-state index < -0.39 is 0 Å². The molecule has 2 N–H and O–H groups in total. The van der Waals surface area contributed by atoms with Crippen molar-refractivity contribution in [1.29, 1.82) is 0 Å². The van der Waals surface area contributed by atoms with Gasteiger partial charge in [-0.2, -0.15) is 0 Å². The third-order valence-corrected chi connectivity index (χ3v) is 3.53. The Labute approximate surface area is 122 Å². The molecule has 0 saturated carbocycles. The molecule has 2 aromatic rings. The Morgan fingerprint density at radius 1 is 0.950 bits per heavy atom. The van der Waals surface area contributed by atoms with E-state index in [9.17, 15) is 0 Å². The van der Waals surface area contributed by atoms with Gasteiger partial charge in [0.2, 0.25) is 0 Å². The maximum atomic E-state index is 5.74. The van der Waals surface area contributed by atoms with E-state index in [0.717, 1.165) is 13.0 Å². The van der Waals surface area contributed by atoms with Gasteiger partial charge in [-0.05, 0) is 44.0 Å². The molecule has 2 rings (SSSR count). The van der Waals surface area contributed by atoms with E-state index in [1.807, 2.05) is 0 Å². The van der Waals surface area contributed by atoms with E-state index in [1.165, 1.54) is 16.8 Å². The Hall–Kier alpha value is -1.80. The minimum atomic E-state index is 0.453. The molecule has 0 spiro atoms. The van der Waals surface area contributed by atoms with Crippen LogP contribution in [0, 0.1) is 0 Å². The predicted octanol–water partition coefficient (Wildman–Crippen LogP) is 3.60. The average Bonchev–Trinajstić information content (AvgIpc) is 2.47. The standard InChI is InChI=1S/C18H24N2/c1-15(2)20(14-16-8-4-3-5-9-16)18-11-7-6-10-17(18)12-13-19/h3-11,15H,12-14,19H2,1-2H3. The van der Waals surface area contributed by atoms with Crippen molar-refractivity contribution in [2.45, 2.75) is 32.9 Å². The van der Waals surface area contributed by atoms with Crippen molar-refractivity contribution in [3.63, 3.8) is 0 Å². The van der Waals surface area contributed by atoms with Crippen LogP contribution in [0.1, 0.15) is 25.0 Å². The van der Waals surface area contributed by atoms with E-state index in [-0.39, 0.29) is 0 Å². The summed E-state index contributed by atoms with van der Waals surface area (Å²) in [6.45, 7) is 6.10. The second-order valence-corrected chi connectivity index (χ2v) is 5.37. The monoisotopic (exact) mass is 268 g/mol. The molecular formula is C18H24N2. The van der Waals surface area contributed by atoms with Crippen molar-refractivity contribution in [2.24, 2.45) is 5.73 Å². The summed E-state index contributed by atoms with van der Waals surface area (Å²) in [6, 6.07) is 19.7. The molecular weight excluding hydrogens is 244 g/mol. The molecule has 2 aromatic carbocycles. The van der Waals surface area contributed by atoms with Gasteiger partial charge in [-0.3, -0.25) is 0 Å². The van der Waals surface area contributed by atoms with E-state index in [4.69, 9.17) is 5.73 Å². The Balaban J connectivity index is 2.29. The van der Waals surface area contributed by atoms with Crippen LogP contribution in [0.3, 0.4) is 0 Å². The van der Waals surface area contributed by atoms with Crippen LogP contribution >= 0.6 is 0 Å². The van der Waals surface area contributed by atoms with E-state index in [2.05, 4.69) is 73.3 Å². The average molecular weight is 268 g/mol. The SMILES string of the molecule is CC(C)N(Cc1ccccc1)c1ccccc1CCN. The molecule has 0 heterocycles. The fourth-order valence-corrected chi connectivity index (χ4v) is 2.48. The summed E-state index contributed by atoms with van der Waals surface area (Å²) in [4.78, 5) is 2.44. The summed E-state index contributed by atoms with van der Waals surface area (Å²) in [7, 11) is 0. The predicted molar refractivity (Wildman–Crippen MR) is 87.0 cm³/mol. The quantitative estimate of drug-likeness (QED) is 0.867. The lowest BCUT2D eigenvalue weighted by molar-refractivity contribution is 0.678.